The van der Waals surface area contributed by atoms with Crippen LogP contribution in [-0.4, -0.2) is 32.2 Å². The van der Waals surface area contributed by atoms with Gasteiger partial charge in [0.05, 0.1) is 13.0 Å². The maximum atomic E-state index is 11.5. The second kappa shape index (κ2) is 9.43. The number of azide groups is 3. The van der Waals surface area contributed by atoms with E-state index in [1.807, 2.05) is 0 Å². The van der Waals surface area contributed by atoms with Crippen LogP contribution in [0.4, 0.5) is 0 Å². The highest BCUT2D eigenvalue weighted by molar-refractivity contribution is 5.70. The number of nitrogens with zero attached hydrogens (tertiary/aromatic N) is 9. The molecule has 0 spiro atoms. The molecular weight excluding hydrogens is 254 g/mol. The lowest BCUT2D eigenvalue weighted by molar-refractivity contribution is -0.145. The van der Waals surface area contributed by atoms with E-state index in [1.165, 1.54) is 0 Å². The molecule has 0 heterocycles. The van der Waals surface area contributed by atoms with Gasteiger partial charge in [0.1, 0.15) is 0 Å². The fraction of sp³-hybridized carbons (Fsp3) is 0.875. The van der Waals surface area contributed by atoms with Crippen molar-refractivity contribution in [3.8, 4) is 0 Å². The fourth-order valence-corrected chi connectivity index (χ4v) is 1.38. The highest BCUT2D eigenvalue weighted by Gasteiger charge is 2.32. The number of hydrogen-bond donors (Lipinski definition) is 0. The predicted molar refractivity (Wildman–Crippen MR) is 65.7 cm³/mol. The molecule has 11 heteroatoms. The van der Waals surface area contributed by atoms with Crippen LogP contribution in [0.5, 0.6) is 0 Å². The zero-order valence-electron chi connectivity index (χ0n) is 10.4. The highest BCUT2D eigenvalue weighted by atomic mass is 16.5. The van der Waals surface area contributed by atoms with E-state index in [2.05, 4.69) is 30.1 Å². The summed E-state index contributed by atoms with van der Waals surface area (Å²) in [6.45, 7) is 1.43. The van der Waals surface area contributed by atoms with Crippen LogP contribution < -0.4 is 0 Å². The largest absolute Gasteiger partial charge is 0.466 e. The van der Waals surface area contributed by atoms with Gasteiger partial charge >= 0.3 is 5.97 Å². The molecule has 0 aromatic rings. The second-order valence-electron chi connectivity index (χ2n) is 3.65. The molecule has 0 aliphatic heterocycles. The van der Waals surface area contributed by atoms with Crippen molar-refractivity contribution in [1.29, 1.82) is 0 Å². The Hall–Kier alpha value is -2.60. The Morgan fingerprint density at radius 1 is 1.05 bits per heavy atom. The average Bonchev–Trinajstić information content (AvgIpc) is 2.40. The van der Waals surface area contributed by atoms with Crippen molar-refractivity contribution in [3.05, 3.63) is 31.3 Å². The number of esters is 1. The molecule has 0 saturated carbocycles. The summed E-state index contributed by atoms with van der Waals surface area (Å²) in [4.78, 5) is 19.3. The molecule has 0 saturated heterocycles. The normalized spacial score (nSPS) is 12.1. The zero-order chi connectivity index (χ0) is 14.6. The van der Waals surface area contributed by atoms with E-state index < -0.39 is 11.4 Å². The quantitative estimate of drug-likeness (QED) is 0.270. The molecule has 11 nitrogen and oxygen atoms in total. The maximum Gasteiger partial charge on any atom is 0.306 e. The van der Waals surface area contributed by atoms with Gasteiger partial charge < -0.3 is 4.74 Å². The first-order valence-corrected chi connectivity index (χ1v) is 5.32. The molecule has 0 aliphatic carbocycles. The SMILES string of the molecule is CCOC(=O)CC(CN=[N+]=[N-])(CN=[N+]=[N-])CN=[N+]=[N-]. The number of ether oxygens (including phenoxy) is 1. The standard InChI is InChI=1S/C8H13N9O2/c1-2-19-7(18)3-8(4-12-15-9,5-13-16-10)6-14-17-11/h2-6H2,1H3. The van der Waals surface area contributed by atoms with Crippen LogP contribution in [0.3, 0.4) is 0 Å². The summed E-state index contributed by atoms with van der Waals surface area (Å²) in [6, 6.07) is 0. The smallest absolute Gasteiger partial charge is 0.306 e. The molecule has 19 heavy (non-hydrogen) atoms. The lowest BCUT2D eigenvalue weighted by Gasteiger charge is -2.27. The Bertz CT molecular complexity index is 393. The minimum Gasteiger partial charge on any atom is -0.466 e. The van der Waals surface area contributed by atoms with E-state index >= 15 is 0 Å². The van der Waals surface area contributed by atoms with Crippen LogP contribution >= 0.6 is 0 Å². The molecule has 0 fully saturated rings. The van der Waals surface area contributed by atoms with E-state index in [9.17, 15) is 4.79 Å². The van der Waals surface area contributed by atoms with E-state index in [-0.39, 0.29) is 32.7 Å². The van der Waals surface area contributed by atoms with Gasteiger partial charge in [0.2, 0.25) is 0 Å². The van der Waals surface area contributed by atoms with E-state index in [1.54, 1.807) is 6.92 Å². The van der Waals surface area contributed by atoms with Crippen molar-refractivity contribution in [2.24, 2.45) is 20.8 Å². The Kier molecular flexibility index (Phi) is 8.14. The summed E-state index contributed by atoms with van der Waals surface area (Å²) in [7, 11) is 0. The van der Waals surface area contributed by atoms with E-state index in [0.29, 0.717) is 0 Å². The first-order chi connectivity index (χ1) is 9.14. The molecule has 0 aromatic carbocycles. The zero-order valence-corrected chi connectivity index (χ0v) is 10.4. The lowest BCUT2D eigenvalue weighted by Crippen LogP contribution is -2.34. The van der Waals surface area contributed by atoms with Crippen molar-refractivity contribution in [2.75, 3.05) is 26.2 Å². The van der Waals surface area contributed by atoms with Crippen LogP contribution in [-0.2, 0) is 9.53 Å². The summed E-state index contributed by atoms with van der Waals surface area (Å²) < 4.78 is 4.79. The molecular formula is C8H13N9O2. The van der Waals surface area contributed by atoms with Gasteiger partial charge in [0.15, 0.2) is 0 Å². The van der Waals surface area contributed by atoms with Gasteiger partial charge in [-0.1, -0.05) is 15.3 Å². The molecule has 0 aromatic heterocycles. The highest BCUT2D eigenvalue weighted by Crippen LogP contribution is 2.25. The molecule has 0 radical (unpaired) electrons. The predicted octanol–water partition coefficient (Wildman–Crippen LogP) is 2.86. The number of hydrogen-bond acceptors (Lipinski definition) is 5. The van der Waals surface area contributed by atoms with Crippen molar-refractivity contribution >= 4 is 5.97 Å². The van der Waals surface area contributed by atoms with Crippen LogP contribution in [0, 0.1) is 5.41 Å². The number of carbonyl (C=O) groups is 1. The van der Waals surface area contributed by atoms with Crippen molar-refractivity contribution in [3.63, 3.8) is 0 Å². The molecule has 0 unspecified atom stereocenters. The minimum absolute atomic E-state index is 0.139. The lowest BCUT2D eigenvalue weighted by atomic mass is 9.84. The third kappa shape index (κ3) is 6.64. The summed E-state index contributed by atoms with van der Waals surface area (Å²) >= 11 is 0. The van der Waals surface area contributed by atoms with Gasteiger partial charge in [-0.15, -0.1) is 0 Å². The van der Waals surface area contributed by atoms with Crippen molar-refractivity contribution in [1.82, 2.24) is 0 Å². The van der Waals surface area contributed by atoms with E-state index in [4.69, 9.17) is 21.3 Å². The Balaban J connectivity index is 5.17. The Labute approximate surface area is 108 Å². The fourth-order valence-electron chi connectivity index (χ4n) is 1.38. The van der Waals surface area contributed by atoms with Gasteiger partial charge in [-0.05, 0) is 28.9 Å². The average molecular weight is 267 g/mol. The van der Waals surface area contributed by atoms with Gasteiger partial charge in [-0.2, -0.15) is 0 Å². The topological polar surface area (TPSA) is 173 Å². The summed E-state index contributed by atoms with van der Waals surface area (Å²) in [6.07, 6.45) is -0.169. The molecule has 102 valence electrons. The molecule has 0 bridgehead atoms. The monoisotopic (exact) mass is 267 g/mol. The van der Waals surface area contributed by atoms with E-state index in [0.717, 1.165) is 0 Å². The third-order valence-corrected chi connectivity index (χ3v) is 2.23. The van der Waals surface area contributed by atoms with Gasteiger partial charge in [0, 0.05) is 34.4 Å². The molecule has 0 aliphatic rings. The minimum atomic E-state index is -1.06. The van der Waals surface area contributed by atoms with Crippen LogP contribution in [0.1, 0.15) is 13.3 Å². The first-order valence-electron chi connectivity index (χ1n) is 5.32. The summed E-state index contributed by atoms with van der Waals surface area (Å²) in [5.74, 6) is -0.545. The van der Waals surface area contributed by atoms with Crippen molar-refractivity contribution in [2.45, 2.75) is 13.3 Å². The maximum absolute atomic E-state index is 11.5. The first kappa shape index (κ1) is 16.4. The second-order valence-corrected chi connectivity index (χ2v) is 3.65. The van der Waals surface area contributed by atoms with Crippen LogP contribution in [0.25, 0.3) is 31.3 Å². The Morgan fingerprint density at radius 3 is 1.79 bits per heavy atom. The van der Waals surface area contributed by atoms with Gasteiger partial charge in [0.25, 0.3) is 0 Å². The molecule has 0 N–H and O–H groups in total. The van der Waals surface area contributed by atoms with Crippen molar-refractivity contribution < 1.29 is 9.53 Å². The summed E-state index contributed by atoms with van der Waals surface area (Å²) in [5, 5.41) is 10.1. The molecule has 0 amide bonds. The molecule has 0 rings (SSSR count). The summed E-state index contributed by atoms with van der Waals surface area (Å²) in [5.41, 5.74) is 24.0. The van der Waals surface area contributed by atoms with Gasteiger partial charge in [-0.25, -0.2) is 0 Å². The number of carbonyl (C=O) groups excluding carboxylic acids is 1. The Morgan fingerprint density at radius 2 is 1.47 bits per heavy atom. The third-order valence-electron chi connectivity index (χ3n) is 2.23. The van der Waals surface area contributed by atoms with Gasteiger partial charge in [-0.3, -0.25) is 4.79 Å². The van der Waals surface area contributed by atoms with Crippen LogP contribution in [0.2, 0.25) is 0 Å². The molecule has 0 atom stereocenters. The number of rotatable bonds is 9. The van der Waals surface area contributed by atoms with Crippen LogP contribution in [0.15, 0.2) is 15.3 Å².